The highest BCUT2D eigenvalue weighted by atomic mass is 19.1. The van der Waals surface area contributed by atoms with Crippen molar-refractivity contribution in [1.29, 1.82) is 0 Å². The Morgan fingerprint density at radius 1 is 1.05 bits per heavy atom. The van der Waals surface area contributed by atoms with Crippen LogP contribution in [0.2, 0.25) is 0 Å². The first-order valence-corrected chi connectivity index (χ1v) is 7.60. The molecule has 1 N–H and O–H groups in total. The van der Waals surface area contributed by atoms with Crippen molar-refractivity contribution in [1.82, 2.24) is 9.88 Å². The maximum atomic E-state index is 13.4. The van der Waals surface area contributed by atoms with Crippen molar-refractivity contribution in [3.63, 3.8) is 0 Å². The van der Waals surface area contributed by atoms with Crippen LogP contribution >= 0.6 is 0 Å². The highest BCUT2D eigenvalue weighted by molar-refractivity contribution is 5.87. The number of benzene rings is 2. The Bertz CT molecular complexity index is 774. The minimum atomic E-state index is -0.176. The number of nitrogens with zero attached hydrogens (tertiary/aromatic N) is 1. The fourth-order valence-electron chi connectivity index (χ4n) is 2.90. The van der Waals surface area contributed by atoms with Gasteiger partial charge in [0.15, 0.2) is 0 Å². The summed E-state index contributed by atoms with van der Waals surface area (Å²) in [7, 11) is 4.18. The molecule has 2 nitrogen and oxygen atoms in total. The van der Waals surface area contributed by atoms with Crippen molar-refractivity contribution in [2.24, 2.45) is 0 Å². The molecule has 0 atom stereocenters. The van der Waals surface area contributed by atoms with Crippen molar-refractivity contribution < 1.29 is 4.39 Å². The van der Waals surface area contributed by atoms with Gasteiger partial charge in [-0.2, -0.15) is 0 Å². The van der Waals surface area contributed by atoms with Crippen LogP contribution < -0.4 is 0 Å². The van der Waals surface area contributed by atoms with Crippen LogP contribution in [-0.4, -0.2) is 30.5 Å². The molecule has 3 heteroatoms. The van der Waals surface area contributed by atoms with E-state index in [0.717, 1.165) is 30.5 Å². The molecule has 3 rings (SSSR count). The van der Waals surface area contributed by atoms with Gasteiger partial charge in [-0.05, 0) is 61.8 Å². The summed E-state index contributed by atoms with van der Waals surface area (Å²) in [6.45, 7) is 1.02. The predicted molar refractivity (Wildman–Crippen MR) is 89.8 cm³/mol. The van der Waals surface area contributed by atoms with Crippen LogP contribution in [0.25, 0.3) is 10.9 Å². The first kappa shape index (κ1) is 14.8. The number of aromatic amines is 1. The van der Waals surface area contributed by atoms with E-state index in [9.17, 15) is 4.39 Å². The number of hydrogen-bond acceptors (Lipinski definition) is 1. The molecule has 0 aliphatic rings. The summed E-state index contributed by atoms with van der Waals surface area (Å²) in [6.07, 6.45) is 3.81. The van der Waals surface area contributed by atoms with Crippen molar-refractivity contribution in [3.05, 3.63) is 71.2 Å². The van der Waals surface area contributed by atoms with E-state index in [2.05, 4.69) is 48.4 Å². The topological polar surface area (TPSA) is 19.0 Å². The quantitative estimate of drug-likeness (QED) is 0.754. The number of hydrogen-bond donors (Lipinski definition) is 1. The third-order valence-electron chi connectivity index (χ3n) is 3.99. The molecule has 0 unspecified atom stereocenters. The lowest BCUT2D eigenvalue weighted by Gasteiger charge is -2.11. The molecule has 22 heavy (non-hydrogen) atoms. The number of aromatic nitrogens is 1. The standard InChI is InChI=1S/C19H21FN2/c1-22(2)10-9-15-6-4-8-18-19(15)16(13-21-18)11-14-5-3-7-17(20)12-14/h3-8,12-13,21H,9-11H2,1-2H3. The van der Waals surface area contributed by atoms with Crippen LogP contribution in [0.15, 0.2) is 48.7 Å². The zero-order valence-corrected chi connectivity index (χ0v) is 13.1. The molecule has 0 radical (unpaired) electrons. The maximum Gasteiger partial charge on any atom is 0.123 e. The fourth-order valence-corrected chi connectivity index (χ4v) is 2.90. The summed E-state index contributed by atoms with van der Waals surface area (Å²) >= 11 is 0. The smallest absolute Gasteiger partial charge is 0.123 e. The molecule has 0 saturated carbocycles. The number of fused-ring (bicyclic) bond motifs is 1. The molecule has 3 aromatic rings. The highest BCUT2D eigenvalue weighted by Crippen LogP contribution is 2.25. The minimum absolute atomic E-state index is 0.176. The van der Waals surface area contributed by atoms with E-state index in [1.165, 1.54) is 22.6 Å². The average molecular weight is 296 g/mol. The number of rotatable bonds is 5. The predicted octanol–water partition coefficient (Wildman–Crippen LogP) is 4.00. The average Bonchev–Trinajstić information content (AvgIpc) is 2.89. The first-order valence-electron chi connectivity index (χ1n) is 7.60. The molecule has 1 heterocycles. The van der Waals surface area contributed by atoms with Crippen molar-refractivity contribution in [2.75, 3.05) is 20.6 Å². The number of halogens is 1. The largest absolute Gasteiger partial charge is 0.361 e. The summed E-state index contributed by atoms with van der Waals surface area (Å²) in [4.78, 5) is 5.54. The third kappa shape index (κ3) is 3.20. The maximum absolute atomic E-state index is 13.4. The second-order valence-electron chi connectivity index (χ2n) is 6.01. The summed E-state index contributed by atoms with van der Waals surface area (Å²) < 4.78 is 13.4. The minimum Gasteiger partial charge on any atom is -0.361 e. The molecule has 114 valence electrons. The molecule has 0 aliphatic heterocycles. The lowest BCUT2D eigenvalue weighted by atomic mass is 9.99. The molecular weight excluding hydrogens is 275 g/mol. The Kier molecular flexibility index (Phi) is 4.25. The zero-order chi connectivity index (χ0) is 15.5. The second kappa shape index (κ2) is 6.32. The SMILES string of the molecule is CN(C)CCc1cccc2[nH]cc(Cc3cccc(F)c3)c12. The monoisotopic (exact) mass is 296 g/mol. The second-order valence-corrected chi connectivity index (χ2v) is 6.01. The highest BCUT2D eigenvalue weighted by Gasteiger charge is 2.10. The summed E-state index contributed by atoms with van der Waals surface area (Å²) in [5.74, 6) is -0.176. The van der Waals surface area contributed by atoms with E-state index >= 15 is 0 Å². The van der Waals surface area contributed by atoms with Gasteiger partial charge in [0.05, 0.1) is 0 Å². The molecule has 0 aliphatic carbocycles. The first-order chi connectivity index (χ1) is 10.6. The third-order valence-corrected chi connectivity index (χ3v) is 3.99. The van der Waals surface area contributed by atoms with Crippen LogP contribution in [0.4, 0.5) is 4.39 Å². The van der Waals surface area contributed by atoms with E-state index in [-0.39, 0.29) is 5.82 Å². The van der Waals surface area contributed by atoms with E-state index in [1.54, 1.807) is 12.1 Å². The number of H-pyrrole nitrogens is 1. The van der Waals surface area contributed by atoms with Crippen LogP contribution in [0, 0.1) is 5.82 Å². The number of likely N-dealkylation sites (N-methyl/N-ethyl adjacent to an activating group) is 1. The molecule has 0 fully saturated rings. The van der Waals surface area contributed by atoms with Gasteiger partial charge in [-0.15, -0.1) is 0 Å². The van der Waals surface area contributed by atoms with Crippen LogP contribution in [0.5, 0.6) is 0 Å². The van der Waals surface area contributed by atoms with Crippen molar-refractivity contribution >= 4 is 10.9 Å². The van der Waals surface area contributed by atoms with Crippen molar-refractivity contribution in [2.45, 2.75) is 12.8 Å². The van der Waals surface area contributed by atoms with Gasteiger partial charge in [0.1, 0.15) is 5.82 Å². The molecule has 1 aromatic heterocycles. The molecule has 2 aromatic carbocycles. The Hall–Kier alpha value is -2.13. The van der Waals surface area contributed by atoms with Crippen molar-refractivity contribution in [3.8, 4) is 0 Å². The van der Waals surface area contributed by atoms with Gasteiger partial charge in [0.2, 0.25) is 0 Å². The molecular formula is C19H21FN2. The molecule has 0 saturated heterocycles. The lowest BCUT2D eigenvalue weighted by Crippen LogP contribution is -2.15. The Morgan fingerprint density at radius 2 is 1.86 bits per heavy atom. The summed E-state index contributed by atoms with van der Waals surface area (Å²) in [5.41, 5.74) is 4.74. The number of nitrogens with one attached hydrogen (secondary N) is 1. The van der Waals surface area contributed by atoms with E-state index in [4.69, 9.17) is 0 Å². The van der Waals surface area contributed by atoms with Crippen LogP contribution in [0.3, 0.4) is 0 Å². The van der Waals surface area contributed by atoms with Crippen LogP contribution in [0.1, 0.15) is 16.7 Å². The van der Waals surface area contributed by atoms with Gasteiger partial charge in [-0.25, -0.2) is 4.39 Å². The summed E-state index contributed by atoms with van der Waals surface area (Å²) in [5, 5.41) is 1.29. The zero-order valence-electron chi connectivity index (χ0n) is 13.1. The lowest BCUT2D eigenvalue weighted by molar-refractivity contribution is 0.414. The van der Waals surface area contributed by atoms with E-state index < -0.39 is 0 Å². The van der Waals surface area contributed by atoms with Crippen LogP contribution in [-0.2, 0) is 12.8 Å². The van der Waals surface area contributed by atoms with Gasteiger partial charge in [0.25, 0.3) is 0 Å². The molecule has 0 amide bonds. The van der Waals surface area contributed by atoms with E-state index in [0.29, 0.717) is 0 Å². The molecule has 0 bridgehead atoms. The van der Waals surface area contributed by atoms with Gasteiger partial charge in [0, 0.05) is 23.6 Å². The Labute approximate surface area is 130 Å². The summed E-state index contributed by atoms with van der Waals surface area (Å²) in [6, 6.07) is 13.2. The van der Waals surface area contributed by atoms with Gasteiger partial charge < -0.3 is 9.88 Å². The normalized spacial score (nSPS) is 11.5. The van der Waals surface area contributed by atoms with Gasteiger partial charge in [-0.1, -0.05) is 24.3 Å². The van der Waals surface area contributed by atoms with E-state index in [1.807, 2.05) is 6.07 Å². The van der Waals surface area contributed by atoms with Gasteiger partial charge >= 0.3 is 0 Å². The fraction of sp³-hybridized carbons (Fsp3) is 0.263. The molecule has 0 spiro atoms. The Morgan fingerprint density at radius 3 is 2.64 bits per heavy atom. The van der Waals surface area contributed by atoms with Gasteiger partial charge in [-0.3, -0.25) is 0 Å². The Balaban J connectivity index is 1.95.